The van der Waals surface area contributed by atoms with Crippen molar-refractivity contribution < 1.29 is 9.13 Å². The first kappa shape index (κ1) is 13.8. The van der Waals surface area contributed by atoms with Crippen LogP contribution < -0.4 is 4.74 Å². The number of hydrogen-bond donors (Lipinski definition) is 0. The molecule has 0 saturated carbocycles. The van der Waals surface area contributed by atoms with Crippen LogP contribution in [0.1, 0.15) is 20.8 Å². The summed E-state index contributed by atoms with van der Waals surface area (Å²) in [4.78, 5) is 0.878. The van der Waals surface area contributed by atoms with Crippen molar-refractivity contribution in [2.45, 2.75) is 11.8 Å². The minimum Gasteiger partial charge on any atom is -0.494 e. The van der Waals surface area contributed by atoms with Gasteiger partial charge in [0.15, 0.2) is 11.6 Å². The van der Waals surface area contributed by atoms with Crippen molar-refractivity contribution in [3.63, 3.8) is 0 Å². The fraction of sp³-hybridized carbons (Fsp3) is 0.231. The van der Waals surface area contributed by atoms with Crippen molar-refractivity contribution in [2.24, 2.45) is 0 Å². The zero-order valence-electron chi connectivity index (χ0n) is 9.84. The average Bonchev–Trinajstić information content (AvgIpc) is 2.69. The van der Waals surface area contributed by atoms with E-state index in [4.69, 9.17) is 16.3 Å². The van der Waals surface area contributed by atoms with Gasteiger partial charge in [-0.05, 0) is 35.6 Å². The predicted octanol–water partition coefficient (Wildman–Crippen LogP) is 5.34. The molecular formula is C13H11BrClFOS. The number of thiophene rings is 1. The van der Waals surface area contributed by atoms with E-state index >= 15 is 0 Å². The highest BCUT2D eigenvalue weighted by molar-refractivity contribution is 9.09. The predicted molar refractivity (Wildman–Crippen MR) is 77.8 cm³/mol. The summed E-state index contributed by atoms with van der Waals surface area (Å²) in [5.41, 5.74) is 1.85. The molecule has 0 saturated heterocycles. The lowest BCUT2D eigenvalue weighted by molar-refractivity contribution is 0.386. The van der Waals surface area contributed by atoms with Gasteiger partial charge in [-0.1, -0.05) is 33.6 Å². The second kappa shape index (κ2) is 5.59. The summed E-state index contributed by atoms with van der Waals surface area (Å²) in [6, 6.07) is 4.91. The molecule has 0 bridgehead atoms. The van der Waals surface area contributed by atoms with Crippen LogP contribution >= 0.6 is 38.9 Å². The summed E-state index contributed by atoms with van der Waals surface area (Å²) in [6.45, 7) is 1.96. The Morgan fingerprint density at radius 1 is 1.44 bits per heavy atom. The topological polar surface area (TPSA) is 9.23 Å². The first-order chi connectivity index (χ1) is 8.54. The molecule has 0 radical (unpaired) electrons. The lowest BCUT2D eigenvalue weighted by Crippen LogP contribution is -1.94. The number of benzene rings is 1. The largest absolute Gasteiger partial charge is 0.494 e. The van der Waals surface area contributed by atoms with E-state index < -0.39 is 0 Å². The van der Waals surface area contributed by atoms with E-state index in [2.05, 4.69) is 15.9 Å². The Hall–Kier alpha value is -0.580. The van der Waals surface area contributed by atoms with Crippen LogP contribution in [0, 0.1) is 12.7 Å². The fourth-order valence-corrected chi connectivity index (χ4v) is 3.89. The van der Waals surface area contributed by atoms with Crippen molar-refractivity contribution in [1.29, 1.82) is 0 Å². The molecule has 0 aliphatic rings. The molecule has 0 amide bonds. The van der Waals surface area contributed by atoms with E-state index in [0.29, 0.717) is 0 Å². The molecular weight excluding hydrogens is 339 g/mol. The molecule has 0 fully saturated rings. The number of methoxy groups -OCH3 is 1. The van der Waals surface area contributed by atoms with Crippen LogP contribution in [0.5, 0.6) is 5.75 Å². The van der Waals surface area contributed by atoms with E-state index in [1.165, 1.54) is 13.2 Å². The van der Waals surface area contributed by atoms with Crippen LogP contribution in [-0.4, -0.2) is 7.11 Å². The Morgan fingerprint density at radius 2 is 2.17 bits per heavy atom. The first-order valence-electron chi connectivity index (χ1n) is 5.25. The van der Waals surface area contributed by atoms with Gasteiger partial charge in [-0.2, -0.15) is 0 Å². The molecule has 0 aliphatic carbocycles. The molecule has 2 rings (SSSR count). The normalized spacial score (nSPS) is 12.5. The van der Waals surface area contributed by atoms with Gasteiger partial charge >= 0.3 is 0 Å². The van der Waals surface area contributed by atoms with Crippen molar-refractivity contribution in [3.05, 3.63) is 50.4 Å². The second-order valence-corrected chi connectivity index (χ2v) is 6.06. The fourth-order valence-electron chi connectivity index (χ4n) is 1.61. The quantitative estimate of drug-likeness (QED) is 0.679. The summed E-state index contributed by atoms with van der Waals surface area (Å²) >= 11 is 11.3. The van der Waals surface area contributed by atoms with Crippen LogP contribution in [0.25, 0.3) is 0 Å². The molecule has 5 heteroatoms. The second-order valence-electron chi connectivity index (χ2n) is 3.85. The van der Waals surface area contributed by atoms with E-state index in [1.807, 2.05) is 18.4 Å². The smallest absolute Gasteiger partial charge is 0.165 e. The zero-order chi connectivity index (χ0) is 13.3. The molecule has 1 heterocycles. The van der Waals surface area contributed by atoms with Crippen molar-refractivity contribution in [1.82, 2.24) is 0 Å². The van der Waals surface area contributed by atoms with Gasteiger partial charge in [-0.3, -0.25) is 0 Å². The SMILES string of the molecule is COc1ccc(C(Br)c2scc(C)c2Cl)cc1F. The Labute approximate surface area is 123 Å². The summed E-state index contributed by atoms with van der Waals surface area (Å²) < 4.78 is 18.6. The third-order valence-electron chi connectivity index (χ3n) is 2.62. The lowest BCUT2D eigenvalue weighted by atomic mass is 10.1. The molecule has 18 heavy (non-hydrogen) atoms. The van der Waals surface area contributed by atoms with Crippen LogP contribution in [-0.2, 0) is 0 Å². The van der Waals surface area contributed by atoms with Gasteiger partial charge in [0.1, 0.15) is 0 Å². The molecule has 0 spiro atoms. The molecule has 1 aromatic carbocycles. The third kappa shape index (κ3) is 2.56. The Balaban J connectivity index is 2.37. The first-order valence-corrected chi connectivity index (χ1v) is 7.43. The minimum atomic E-state index is -0.371. The molecule has 1 atom stereocenters. The van der Waals surface area contributed by atoms with Gasteiger partial charge in [0, 0.05) is 4.88 Å². The summed E-state index contributed by atoms with van der Waals surface area (Å²) in [5.74, 6) is -0.129. The highest BCUT2D eigenvalue weighted by Crippen LogP contribution is 2.41. The monoisotopic (exact) mass is 348 g/mol. The van der Waals surface area contributed by atoms with Gasteiger partial charge in [-0.15, -0.1) is 11.3 Å². The third-order valence-corrected chi connectivity index (χ3v) is 5.69. The molecule has 1 unspecified atom stereocenters. The van der Waals surface area contributed by atoms with E-state index in [1.54, 1.807) is 17.4 Å². The van der Waals surface area contributed by atoms with Crippen molar-refractivity contribution in [2.75, 3.05) is 7.11 Å². The number of rotatable bonds is 3. The van der Waals surface area contributed by atoms with Gasteiger partial charge in [0.2, 0.25) is 0 Å². The summed E-state index contributed by atoms with van der Waals surface area (Å²) in [5, 5.41) is 2.73. The Kier molecular flexibility index (Phi) is 4.30. The van der Waals surface area contributed by atoms with E-state index in [-0.39, 0.29) is 16.4 Å². The number of ether oxygens (including phenoxy) is 1. The van der Waals surface area contributed by atoms with E-state index in [9.17, 15) is 4.39 Å². The molecule has 0 N–H and O–H groups in total. The van der Waals surface area contributed by atoms with Crippen molar-refractivity contribution >= 4 is 38.9 Å². The van der Waals surface area contributed by atoms with E-state index in [0.717, 1.165) is 21.0 Å². The van der Waals surface area contributed by atoms with Crippen LogP contribution in [0.2, 0.25) is 5.02 Å². The maximum atomic E-state index is 13.7. The van der Waals surface area contributed by atoms with Gasteiger partial charge in [0.05, 0.1) is 17.0 Å². The van der Waals surface area contributed by atoms with Crippen LogP contribution in [0.4, 0.5) is 4.39 Å². The highest BCUT2D eigenvalue weighted by atomic mass is 79.9. The molecule has 1 aromatic heterocycles. The Morgan fingerprint density at radius 3 is 2.67 bits per heavy atom. The summed E-state index contributed by atoms with van der Waals surface area (Å²) in [7, 11) is 1.45. The van der Waals surface area contributed by atoms with Gasteiger partial charge in [0.25, 0.3) is 0 Å². The minimum absolute atomic E-state index is 0.107. The maximum absolute atomic E-state index is 13.7. The molecule has 96 valence electrons. The molecule has 0 aliphatic heterocycles. The number of hydrogen-bond acceptors (Lipinski definition) is 2. The zero-order valence-corrected chi connectivity index (χ0v) is 13.0. The molecule has 1 nitrogen and oxygen atoms in total. The lowest BCUT2D eigenvalue weighted by Gasteiger charge is -2.11. The number of aryl methyl sites for hydroxylation is 1. The maximum Gasteiger partial charge on any atom is 0.165 e. The molecule has 2 aromatic rings. The highest BCUT2D eigenvalue weighted by Gasteiger charge is 2.18. The number of alkyl halides is 1. The number of halogens is 3. The van der Waals surface area contributed by atoms with Crippen LogP contribution in [0.3, 0.4) is 0 Å². The van der Waals surface area contributed by atoms with Crippen LogP contribution in [0.15, 0.2) is 23.6 Å². The Bertz CT molecular complexity index is 570. The van der Waals surface area contributed by atoms with Gasteiger partial charge < -0.3 is 4.74 Å². The standard InChI is InChI=1S/C13H11BrClFOS/c1-7-6-18-13(12(7)15)11(14)8-3-4-10(17-2)9(16)5-8/h3-6,11H,1-2H3. The average molecular weight is 350 g/mol. The van der Waals surface area contributed by atoms with Gasteiger partial charge in [-0.25, -0.2) is 4.39 Å². The summed E-state index contributed by atoms with van der Waals surface area (Å²) in [6.07, 6.45) is 0. The van der Waals surface area contributed by atoms with Crippen molar-refractivity contribution in [3.8, 4) is 5.75 Å².